The van der Waals surface area contributed by atoms with E-state index in [9.17, 15) is 0 Å². The van der Waals surface area contributed by atoms with Gasteiger partial charge in [0, 0.05) is 12.1 Å². The zero-order chi connectivity index (χ0) is 14.5. The molecule has 2 aromatic rings. The first-order valence-electron chi connectivity index (χ1n) is 6.98. The van der Waals surface area contributed by atoms with Gasteiger partial charge in [0.25, 0.3) is 0 Å². The number of aromatic nitrogens is 1. The molecule has 0 aliphatic rings. The van der Waals surface area contributed by atoms with Gasteiger partial charge >= 0.3 is 0 Å². The third-order valence-corrected chi connectivity index (χ3v) is 3.38. The zero-order valence-corrected chi connectivity index (χ0v) is 12.3. The summed E-state index contributed by atoms with van der Waals surface area (Å²) in [7, 11) is 0. The SMILES string of the molecule is CC(C)c1cc(CNC(C)c2cccc(CO)c2)on1. The highest BCUT2D eigenvalue weighted by Gasteiger charge is 2.10. The second-order valence-electron chi connectivity index (χ2n) is 5.38. The van der Waals surface area contributed by atoms with E-state index in [-0.39, 0.29) is 12.6 Å². The Morgan fingerprint density at radius 1 is 1.25 bits per heavy atom. The molecular weight excluding hydrogens is 252 g/mol. The van der Waals surface area contributed by atoms with Crippen molar-refractivity contribution in [3.8, 4) is 0 Å². The summed E-state index contributed by atoms with van der Waals surface area (Å²) in [4.78, 5) is 0. The quantitative estimate of drug-likeness (QED) is 0.849. The first-order valence-corrected chi connectivity index (χ1v) is 6.98. The molecule has 0 amide bonds. The van der Waals surface area contributed by atoms with Crippen LogP contribution in [0.3, 0.4) is 0 Å². The van der Waals surface area contributed by atoms with Crippen molar-refractivity contribution >= 4 is 0 Å². The molecule has 0 saturated carbocycles. The highest BCUT2D eigenvalue weighted by molar-refractivity contribution is 5.25. The van der Waals surface area contributed by atoms with Crippen LogP contribution in [0.4, 0.5) is 0 Å². The van der Waals surface area contributed by atoms with Gasteiger partial charge in [-0.05, 0) is 24.0 Å². The van der Waals surface area contributed by atoms with Crippen molar-refractivity contribution < 1.29 is 9.63 Å². The van der Waals surface area contributed by atoms with Crippen molar-refractivity contribution in [2.45, 2.75) is 45.9 Å². The van der Waals surface area contributed by atoms with Crippen molar-refractivity contribution in [3.05, 3.63) is 52.9 Å². The molecule has 0 bridgehead atoms. The molecule has 2 rings (SSSR count). The molecule has 108 valence electrons. The van der Waals surface area contributed by atoms with E-state index in [2.05, 4.69) is 37.3 Å². The van der Waals surface area contributed by atoms with Crippen molar-refractivity contribution in [1.82, 2.24) is 10.5 Å². The summed E-state index contributed by atoms with van der Waals surface area (Å²) in [6.45, 7) is 7.00. The predicted molar refractivity (Wildman–Crippen MR) is 78.2 cm³/mol. The third kappa shape index (κ3) is 3.68. The first kappa shape index (κ1) is 14.8. The van der Waals surface area contributed by atoms with Gasteiger partial charge in [-0.1, -0.05) is 43.3 Å². The molecule has 0 aliphatic carbocycles. The van der Waals surface area contributed by atoms with Crippen LogP contribution in [0.2, 0.25) is 0 Å². The number of rotatable bonds is 6. The molecule has 1 atom stereocenters. The minimum Gasteiger partial charge on any atom is -0.392 e. The Hall–Kier alpha value is -1.65. The van der Waals surface area contributed by atoms with E-state index in [0.717, 1.165) is 22.6 Å². The van der Waals surface area contributed by atoms with Crippen molar-refractivity contribution in [1.29, 1.82) is 0 Å². The number of hydrogen-bond donors (Lipinski definition) is 2. The summed E-state index contributed by atoms with van der Waals surface area (Å²) in [5.74, 6) is 1.23. The molecule has 4 heteroatoms. The molecule has 1 heterocycles. The number of nitrogens with one attached hydrogen (secondary N) is 1. The lowest BCUT2D eigenvalue weighted by molar-refractivity contribution is 0.281. The van der Waals surface area contributed by atoms with Gasteiger partial charge < -0.3 is 14.9 Å². The van der Waals surface area contributed by atoms with Crippen LogP contribution in [0.5, 0.6) is 0 Å². The highest BCUT2D eigenvalue weighted by Crippen LogP contribution is 2.17. The highest BCUT2D eigenvalue weighted by atomic mass is 16.5. The van der Waals surface area contributed by atoms with Crippen molar-refractivity contribution in [3.63, 3.8) is 0 Å². The van der Waals surface area contributed by atoms with Crippen LogP contribution < -0.4 is 5.32 Å². The maximum absolute atomic E-state index is 9.16. The van der Waals surface area contributed by atoms with Crippen LogP contribution >= 0.6 is 0 Å². The Morgan fingerprint density at radius 2 is 2.05 bits per heavy atom. The molecule has 0 radical (unpaired) electrons. The van der Waals surface area contributed by atoms with E-state index in [4.69, 9.17) is 9.63 Å². The number of aliphatic hydroxyl groups excluding tert-OH is 1. The number of nitrogens with zero attached hydrogens (tertiary/aromatic N) is 1. The van der Waals surface area contributed by atoms with E-state index in [0.29, 0.717) is 12.5 Å². The minimum atomic E-state index is 0.0699. The molecule has 0 fully saturated rings. The Kier molecular flexibility index (Phi) is 4.93. The lowest BCUT2D eigenvalue weighted by Crippen LogP contribution is -2.17. The van der Waals surface area contributed by atoms with Gasteiger partial charge in [0.1, 0.15) is 0 Å². The van der Waals surface area contributed by atoms with E-state index >= 15 is 0 Å². The second-order valence-corrected chi connectivity index (χ2v) is 5.38. The molecule has 0 aliphatic heterocycles. The largest absolute Gasteiger partial charge is 0.392 e. The maximum Gasteiger partial charge on any atom is 0.150 e. The fourth-order valence-corrected chi connectivity index (χ4v) is 2.02. The van der Waals surface area contributed by atoms with Crippen molar-refractivity contribution in [2.75, 3.05) is 0 Å². The van der Waals surface area contributed by atoms with E-state index in [1.54, 1.807) is 0 Å². The molecule has 0 saturated heterocycles. The van der Waals surface area contributed by atoms with Crippen LogP contribution in [0.1, 0.15) is 55.3 Å². The first-order chi connectivity index (χ1) is 9.60. The van der Waals surface area contributed by atoms with Crippen LogP contribution in [-0.2, 0) is 13.2 Å². The minimum absolute atomic E-state index is 0.0699. The van der Waals surface area contributed by atoms with Gasteiger partial charge in [0.2, 0.25) is 0 Å². The monoisotopic (exact) mass is 274 g/mol. The summed E-state index contributed by atoms with van der Waals surface area (Å²) >= 11 is 0. The number of hydrogen-bond acceptors (Lipinski definition) is 4. The molecule has 1 aromatic carbocycles. The van der Waals surface area contributed by atoms with E-state index in [1.807, 2.05) is 24.3 Å². The average molecular weight is 274 g/mol. The normalized spacial score (nSPS) is 12.8. The Labute approximate surface area is 119 Å². The molecule has 2 N–H and O–H groups in total. The third-order valence-electron chi connectivity index (χ3n) is 3.38. The molecule has 1 aromatic heterocycles. The van der Waals surface area contributed by atoms with Gasteiger partial charge in [-0.25, -0.2) is 0 Å². The fraction of sp³-hybridized carbons (Fsp3) is 0.438. The Balaban J connectivity index is 1.95. The standard InChI is InChI=1S/C16H22N2O2/c1-11(2)16-8-15(20-18-16)9-17-12(3)14-6-4-5-13(7-14)10-19/h4-8,11-12,17,19H,9-10H2,1-3H3. The lowest BCUT2D eigenvalue weighted by Gasteiger charge is -2.13. The summed E-state index contributed by atoms with van der Waals surface area (Å²) in [6, 6.07) is 10.1. The van der Waals surface area contributed by atoms with Crippen LogP contribution in [-0.4, -0.2) is 10.3 Å². The molecule has 20 heavy (non-hydrogen) atoms. The predicted octanol–water partition coefficient (Wildman–Crippen LogP) is 3.14. The van der Waals surface area contributed by atoms with Crippen LogP contribution in [0.25, 0.3) is 0 Å². The van der Waals surface area contributed by atoms with Gasteiger partial charge in [0.15, 0.2) is 5.76 Å². The van der Waals surface area contributed by atoms with E-state index < -0.39 is 0 Å². The van der Waals surface area contributed by atoms with Gasteiger partial charge in [-0.3, -0.25) is 0 Å². The number of aliphatic hydroxyl groups is 1. The molecular formula is C16H22N2O2. The lowest BCUT2D eigenvalue weighted by atomic mass is 10.1. The van der Waals surface area contributed by atoms with Crippen LogP contribution in [0.15, 0.2) is 34.9 Å². The van der Waals surface area contributed by atoms with Gasteiger partial charge in [0.05, 0.1) is 18.8 Å². The topological polar surface area (TPSA) is 58.3 Å². The fourth-order valence-electron chi connectivity index (χ4n) is 2.02. The Bertz CT molecular complexity index is 549. The maximum atomic E-state index is 9.16. The molecule has 4 nitrogen and oxygen atoms in total. The van der Waals surface area contributed by atoms with Gasteiger partial charge in [-0.2, -0.15) is 0 Å². The summed E-state index contributed by atoms with van der Waals surface area (Å²) in [5, 5.41) is 16.6. The second kappa shape index (κ2) is 6.68. The van der Waals surface area contributed by atoms with Crippen molar-refractivity contribution in [2.24, 2.45) is 0 Å². The summed E-state index contributed by atoms with van der Waals surface area (Å²) in [5.41, 5.74) is 3.06. The summed E-state index contributed by atoms with van der Waals surface area (Å²) in [6.07, 6.45) is 0. The van der Waals surface area contributed by atoms with E-state index in [1.165, 1.54) is 0 Å². The van der Waals surface area contributed by atoms with Gasteiger partial charge in [-0.15, -0.1) is 0 Å². The Morgan fingerprint density at radius 3 is 2.70 bits per heavy atom. The molecule has 1 unspecified atom stereocenters. The average Bonchev–Trinajstić information content (AvgIpc) is 2.94. The zero-order valence-electron chi connectivity index (χ0n) is 12.3. The van der Waals surface area contributed by atoms with Crippen LogP contribution in [0, 0.1) is 0 Å². The smallest absolute Gasteiger partial charge is 0.150 e. The molecule has 0 spiro atoms. The number of benzene rings is 1. The summed E-state index contributed by atoms with van der Waals surface area (Å²) < 4.78 is 5.30.